The van der Waals surface area contributed by atoms with E-state index in [1.807, 2.05) is 93.6 Å². The number of aliphatic hydroxyl groups excluding tert-OH is 1. The van der Waals surface area contributed by atoms with Gasteiger partial charge in [-0.25, -0.2) is 9.07 Å². The fourth-order valence-corrected chi connectivity index (χ4v) is 12.8. The van der Waals surface area contributed by atoms with E-state index in [-0.39, 0.29) is 60.8 Å². The summed E-state index contributed by atoms with van der Waals surface area (Å²) < 4.78 is 37.3. The van der Waals surface area contributed by atoms with Crippen LogP contribution in [0.4, 0.5) is 10.2 Å². The highest BCUT2D eigenvalue weighted by atomic mass is 35.5. The standard InChI is InChI=1S/C62H65ClFN11O6/c1-34(2)57(61(78)73-22-6-9-53(73)60(77)67-52(32-76)40-18-16-37(17-19-40)44-7-4-5-8-48(44)63)75-31-51(71-72-75)39-12-10-36(11-13-39)33-80-58-55(54-35(3)49(64)27-50-47(54)29-66-70-50)45(38-14-15-38)26-46-56(58)68-62(81-43-20-23-79-24-21-43)69-59(46)74-30-41-25-42(74)28-65-41/h4-5,7-8,10-13,16-19,26-27,29,31,34,38,41-43,52-53,57,65,76H,6,9,14-15,20-25,28,30,32-33H2,1-3H3,(H,66,70)(H,67,77). The second-order valence-corrected chi connectivity index (χ2v) is 23.1. The smallest absolute Gasteiger partial charge is 0.319 e. The molecule has 4 aliphatic heterocycles. The van der Waals surface area contributed by atoms with Gasteiger partial charge in [0.1, 0.15) is 47.6 Å². The molecular weight excluding hydrogens is 1050 g/mol. The van der Waals surface area contributed by atoms with Gasteiger partial charge in [-0.2, -0.15) is 15.1 Å². The number of nitrogens with zero attached hydrogens (tertiary/aromatic N) is 8. The molecule has 1 aliphatic carbocycles. The molecule has 2 bridgehead atoms. The fraction of sp³-hybridized carbons (Fsp3) is 0.403. The summed E-state index contributed by atoms with van der Waals surface area (Å²) >= 11 is 6.45. The molecule has 0 spiro atoms. The number of piperazine rings is 1. The van der Waals surface area contributed by atoms with Crippen LogP contribution in [0.15, 0.2) is 97.3 Å². The van der Waals surface area contributed by atoms with Crippen molar-refractivity contribution in [2.24, 2.45) is 5.92 Å². The number of carbonyl (C=O) groups excluding carboxylic acids is 2. The number of ether oxygens (including phenoxy) is 3. The Hall–Kier alpha value is -7.51. The van der Waals surface area contributed by atoms with Crippen LogP contribution in [0.5, 0.6) is 11.8 Å². The molecule has 418 valence electrons. The minimum absolute atomic E-state index is 0.108. The lowest BCUT2D eigenvalue weighted by atomic mass is 9.88. The quantitative estimate of drug-likeness (QED) is 0.0673. The van der Waals surface area contributed by atoms with E-state index in [2.05, 4.69) is 42.1 Å². The van der Waals surface area contributed by atoms with Crippen molar-refractivity contribution in [3.05, 3.63) is 130 Å². The van der Waals surface area contributed by atoms with Crippen molar-refractivity contribution >= 4 is 51.0 Å². The summed E-state index contributed by atoms with van der Waals surface area (Å²) in [4.78, 5) is 43.1. The summed E-state index contributed by atoms with van der Waals surface area (Å²) in [6.45, 7) is 8.87. The topological polar surface area (TPSA) is 198 Å². The number of hydrogen-bond acceptors (Lipinski definition) is 13. The Bertz CT molecular complexity index is 3660. The lowest BCUT2D eigenvalue weighted by Gasteiger charge is -2.31. The second kappa shape index (κ2) is 22.1. The number of benzene rings is 5. The van der Waals surface area contributed by atoms with Gasteiger partial charge in [0.2, 0.25) is 11.8 Å². The minimum Gasteiger partial charge on any atom is -0.486 e. The van der Waals surface area contributed by atoms with E-state index in [1.54, 1.807) is 22.0 Å². The Labute approximate surface area is 473 Å². The molecule has 4 saturated heterocycles. The molecule has 5 aromatic carbocycles. The summed E-state index contributed by atoms with van der Waals surface area (Å²) in [5, 5.41) is 35.9. The van der Waals surface area contributed by atoms with Gasteiger partial charge in [-0.3, -0.25) is 14.7 Å². The summed E-state index contributed by atoms with van der Waals surface area (Å²) in [6, 6.07) is 25.6. The number of anilines is 1. The molecule has 7 heterocycles. The van der Waals surface area contributed by atoms with Gasteiger partial charge in [-0.05, 0) is 96.9 Å². The largest absolute Gasteiger partial charge is 0.486 e. The molecule has 5 fully saturated rings. The first kappa shape index (κ1) is 52.8. The Morgan fingerprint density at radius 3 is 2.47 bits per heavy atom. The Balaban J connectivity index is 0.777. The van der Waals surface area contributed by atoms with Crippen LogP contribution in [-0.4, -0.2) is 121 Å². The van der Waals surface area contributed by atoms with E-state index in [0.29, 0.717) is 71.7 Å². The molecule has 5 unspecified atom stereocenters. The number of likely N-dealkylation sites (tertiary alicyclic amines) is 1. The molecule has 13 rings (SSSR count). The maximum absolute atomic E-state index is 16.2. The first-order valence-electron chi connectivity index (χ1n) is 28.4. The average molecular weight is 1110 g/mol. The molecule has 5 aliphatic rings. The van der Waals surface area contributed by atoms with Crippen LogP contribution in [-0.2, 0) is 20.9 Å². The zero-order chi connectivity index (χ0) is 55.5. The van der Waals surface area contributed by atoms with Crippen molar-refractivity contribution in [2.45, 2.75) is 115 Å². The lowest BCUT2D eigenvalue weighted by Crippen LogP contribution is -2.50. The number of carbonyl (C=O) groups is 2. The van der Waals surface area contributed by atoms with Crippen LogP contribution in [0.1, 0.15) is 99.0 Å². The van der Waals surface area contributed by atoms with Crippen molar-refractivity contribution < 1.29 is 33.3 Å². The number of halogens is 2. The van der Waals surface area contributed by atoms with Gasteiger partial charge in [0.15, 0.2) is 5.75 Å². The van der Waals surface area contributed by atoms with Crippen LogP contribution >= 0.6 is 11.6 Å². The number of fused-ring (bicyclic) bond motifs is 4. The number of hydrogen-bond donors (Lipinski definition) is 4. The van der Waals surface area contributed by atoms with Gasteiger partial charge in [-0.1, -0.05) is 97.4 Å². The van der Waals surface area contributed by atoms with Gasteiger partial charge in [0, 0.05) is 82.6 Å². The predicted molar refractivity (Wildman–Crippen MR) is 307 cm³/mol. The Morgan fingerprint density at radius 2 is 1.74 bits per heavy atom. The van der Waals surface area contributed by atoms with E-state index in [4.69, 9.17) is 35.8 Å². The number of nitrogens with one attached hydrogen (secondary N) is 3. The van der Waals surface area contributed by atoms with E-state index < -0.39 is 18.1 Å². The molecule has 2 amide bonds. The van der Waals surface area contributed by atoms with E-state index >= 15 is 4.39 Å². The first-order chi connectivity index (χ1) is 39.5. The van der Waals surface area contributed by atoms with Crippen LogP contribution in [0.25, 0.3) is 55.3 Å². The Morgan fingerprint density at radius 1 is 0.951 bits per heavy atom. The maximum atomic E-state index is 16.2. The molecular formula is C62H65ClFN11O6. The van der Waals surface area contributed by atoms with Crippen molar-refractivity contribution in [1.29, 1.82) is 0 Å². The predicted octanol–water partition coefficient (Wildman–Crippen LogP) is 9.80. The van der Waals surface area contributed by atoms with E-state index in [0.717, 1.165) is 106 Å². The van der Waals surface area contributed by atoms with Gasteiger partial charge in [0.05, 0.1) is 43.8 Å². The average Bonchev–Trinajstić information content (AvgIpc) is 4.12. The van der Waals surface area contributed by atoms with Gasteiger partial charge in [0.25, 0.3) is 0 Å². The molecule has 0 radical (unpaired) electrons. The molecule has 1 saturated carbocycles. The number of aromatic amines is 1. The summed E-state index contributed by atoms with van der Waals surface area (Å²) in [6.07, 6.45) is 9.05. The molecule has 81 heavy (non-hydrogen) atoms. The first-order valence-corrected chi connectivity index (χ1v) is 28.8. The molecule has 5 atom stereocenters. The third-order valence-electron chi connectivity index (χ3n) is 17.1. The zero-order valence-corrected chi connectivity index (χ0v) is 46.3. The maximum Gasteiger partial charge on any atom is 0.319 e. The Kier molecular flexibility index (Phi) is 14.4. The van der Waals surface area contributed by atoms with Gasteiger partial charge >= 0.3 is 6.01 Å². The van der Waals surface area contributed by atoms with Crippen LogP contribution in [0.3, 0.4) is 0 Å². The normalized spacial score (nSPS) is 20.0. The van der Waals surface area contributed by atoms with E-state index in [9.17, 15) is 14.7 Å². The zero-order valence-electron chi connectivity index (χ0n) is 45.6. The molecule has 17 nitrogen and oxygen atoms in total. The highest BCUT2D eigenvalue weighted by Crippen LogP contribution is 2.54. The van der Waals surface area contributed by atoms with Crippen LogP contribution in [0.2, 0.25) is 5.02 Å². The SMILES string of the molecule is Cc1c(F)cc2[nH]ncc2c1-c1c(C2CC2)cc2c(N3CC4CC3CN4)nc(OC3CCOCC3)nc2c1OCc1ccc(-c2cn(C(C(=O)N3CCCC3C(=O)NC(CO)c3ccc(-c4ccccc4Cl)cc3)C(C)C)nn2)cc1. The van der Waals surface area contributed by atoms with Crippen molar-refractivity contribution in [1.82, 2.24) is 50.7 Å². The number of amides is 2. The van der Waals surface area contributed by atoms with Crippen molar-refractivity contribution in [3.8, 4) is 45.3 Å². The van der Waals surface area contributed by atoms with Crippen molar-refractivity contribution in [2.75, 3.05) is 44.4 Å². The summed E-state index contributed by atoms with van der Waals surface area (Å²) in [5.41, 5.74) is 9.05. The van der Waals surface area contributed by atoms with Crippen LogP contribution < -0.4 is 25.0 Å². The summed E-state index contributed by atoms with van der Waals surface area (Å²) in [7, 11) is 0. The van der Waals surface area contributed by atoms with Gasteiger partial charge in [-0.15, -0.1) is 5.10 Å². The fourth-order valence-electron chi connectivity index (χ4n) is 12.6. The molecule has 8 aromatic rings. The molecule has 19 heteroatoms. The monoisotopic (exact) mass is 1110 g/mol. The molecule has 4 N–H and O–H groups in total. The highest BCUT2D eigenvalue weighted by Gasteiger charge is 2.42. The number of aromatic nitrogens is 7. The highest BCUT2D eigenvalue weighted by molar-refractivity contribution is 6.33. The number of aliphatic hydroxyl groups is 1. The third kappa shape index (κ3) is 10.2. The van der Waals surface area contributed by atoms with Crippen LogP contribution in [0, 0.1) is 18.7 Å². The van der Waals surface area contributed by atoms with Crippen molar-refractivity contribution in [3.63, 3.8) is 0 Å². The lowest BCUT2D eigenvalue weighted by molar-refractivity contribution is -0.142. The van der Waals surface area contributed by atoms with E-state index in [1.165, 1.54) is 6.07 Å². The minimum atomic E-state index is -0.733. The molecule has 3 aromatic heterocycles. The number of rotatable bonds is 17. The summed E-state index contributed by atoms with van der Waals surface area (Å²) in [5.74, 6) is 0.512. The second-order valence-electron chi connectivity index (χ2n) is 22.7. The third-order valence-corrected chi connectivity index (χ3v) is 17.4. The van der Waals surface area contributed by atoms with Gasteiger partial charge < -0.3 is 39.8 Å². The number of H-pyrrole nitrogens is 1.